The summed E-state index contributed by atoms with van der Waals surface area (Å²) in [7, 11) is 0. The molecule has 1 aromatic heterocycles. The van der Waals surface area contributed by atoms with Crippen LogP contribution >= 0.6 is 12.2 Å². The number of nitrogens with zero attached hydrogens (tertiary/aromatic N) is 1. The maximum Gasteiger partial charge on any atom is 0.0762 e. The zero-order valence-corrected chi connectivity index (χ0v) is 7.53. The van der Waals surface area contributed by atoms with Crippen molar-refractivity contribution in [2.24, 2.45) is 11.7 Å². The second kappa shape index (κ2) is 2.86. The fourth-order valence-corrected chi connectivity index (χ4v) is 1.86. The summed E-state index contributed by atoms with van der Waals surface area (Å²) >= 11 is 4.97. The number of fused-ring (bicyclic) bond motifs is 1. The zero-order chi connectivity index (χ0) is 8.55. The first-order chi connectivity index (χ1) is 5.77. The van der Waals surface area contributed by atoms with Crippen molar-refractivity contribution < 1.29 is 0 Å². The zero-order valence-electron chi connectivity index (χ0n) is 6.71. The van der Waals surface area contributed by atoms with E-state index in [-0.39, 0.29) is 0 Å². The highest BCUT2D eigenvalue weighted by Gasteiger charge is 2.21. The minimum atomic E-state index is 0.380. The van der Waals surface area contributed by atoms with E-state index in [2.05, 4.69) is 10.2 Å². The van der Waals surface area contributed by atoms with Crippen LogP contribution in [-0.2, 0) is 12.8 Å². The lowest BCUT2D eigenvalue weighted by Crippen LogP contribution is -2.26. The summed E-state index contributed by atoms with van der Waals surface area (Å²) in [5, 5.41) is 6.97. The normalized spacial score (nSPS) is 21.8. The van der Waals surface area contributed by atoms with Gasteiger partial charge in [0.05, 0.1) is 11.2 Å². The van der Waals surface area contributed by atoms with Gasteiger partial charge in [0, 0.05) is 11.6 Å². The van der Waals surface area contributed by atoms with Crippen molar-refractivity contribution >= 4 is 17.2 Å². The number of H-pyrrole nitrogens is 1. The van der Waals surface area contributed by atoms with Crippen LogP contribution in [0.5, 0.6) is 0 Å². The Morgan fingerprint density at radius 1 is 1.75 bits per heavy atom. The average Bonchev–Trinajstić information content (AvgIpc) is 2.49. The Kier molecular flexibility index (Phi) is 1.84. The van der Waals surface area contributed by atoms with Crippen molar-refractivity contribution in [1.82, 2.24) is 10.2 Å². The van der Waals surface area contributed by atoms with Gasteiger partial charge in [0.2, 0.25) is 0 Å². The van der Waals surface area contributed by atoms with Gasteiger partial charge < -0.3 is 5.73 Å². The molecule has 0 aliphatic heterocycles. The van der Waals surface area contributed by atoms with Crippen molar-refractivity contribution in [2.75, 3.05) is 0 Å². The van der Waals surface area contributed by atoms with Crippen LogP contribution in [-0.4, -0.2) is 15.2 Å². The summed E-state index contributed by atoms with van der Waals surface area (Å²) in [6, 6.07) is 0. The van der Waals surface area contributed by atoms with Crippen LogP contribution < -0.4 is 5.73 Å². The molecule has 0 spiro atoms. The van der Waals surface area contributed by atoms with Gasteiger partial charge >= 0.3 is 0 Å². The summed E-state index contributed by atoms with van der Waals surface area (Å²) < 4.78 is 0. The summed E-state index contributed by atoms with van der Waals surface area (Å²) in [6.07, 6.45) is 4.92. The quantitative estimate of drug-likeness (QED) is 0.630. The van der Waals surface area contributed by atoms with Crippen molar-refractivity contribution in [3.05, 3.63) is 17.5 Å². The summed E-state index contributed by atoms with van der Waals surface area (Å²) in [5.41, 5.74) is 8.12. The van der Waals surface area contributed by atoms with Crippen LogP contribution in [0.25, 0.3) is 0 Å². The van der Waals surface area contributed by atoms with Gasteiger partial charge in [-0.3, -0.25) is 5.10 Å². The molecule has 2 rings (SSSR count). The number of nitrogens with two attached hydrogens (primary N) is 1. The SMILES string of the molecule is NC(=S)[C@H]1CCc2[nH]ncc2C1. The van der Waals surface area contributed by atoms with E-state index >= 15 is 0 Å². The van der Waals surface area contributed by atoms with E-state index in [1.807, 2.05) is 6.20 Å². The Morgan fingerprint density at radius 3 is 3.33 bits per heavy atom. The molecule has 0 saturated heterocycles. The van der Waals surface area contributed by atoms with Crippen LogP contribution in [0.15, 0.2) is 6.20 Å². The fraction of sp³-hybridized carbons (Fsp3) is 0.500. The van der Waals surface area contributed by atoms with Gasteiger partial charge in [-0.25, -0.2) is 0 Å². The number of rotatable bonds is 1. The molecule has 12 heavy (non-hydrogen) atoms. The molecule has 3 N–H and O–H groups in total. The summed E-state index contributed by atoms with van der Waals surface area (Å²) in [5.74, 6) is 0.380. The third kappa shape index (κ3) is 1.22. The maximum atomic E-state index is 5.59. The minimum Gasteiger partial charge on any atom is -0.393 e. The second-order valence-corrected chi connectivity index (χ2v) is 3.69. The van der Waals surface area contributed by atoms with Crippen molar-refractivity contribution in [2.45, 2.75) is 19.3 Å². The first-order valence-corrected chi connectivity index (χ1v) is 4.48. The lowest BCUT2D eigenvalue weighted by Gasteiger charge is -2.19. The molecule has 0 radical (unpaired) electrons. The Bertz CT molecular complexity index is 305. The predicted octanol–water partition coefficient (Wildman–Crippen LogP) is 0.801. The first kappa shape index (κ1) is 7.73. The van der Waals surface area contributed by atoms with Crippen molar-refractivity contribution in [3.63, 3.8) is 0 Å². The fourth-order valence-electron chi connectivity index (χ4n) is 1.66. The van der Waals surface area contributed by atoms with E-state index in [0.29, 0.717) is 10.9 Å². The number of thiocarbonyl (C=S) groups is 1. The molecule has 0 bridgehead atoms. The molecule has 0 aromatic carbocycles. The van der Waals surface area contributed by atoms with Gasteiger partial charge in [0.25, 0.3) is 0 Å². The molecule has 1 aliphatic carbocycles. The van der Waals surface area contributed by atoms with E-state index in [0.717, 1.165) is 19.3 Å². The van der Waals surface area contributed by atoms with Crippen molar-refractivity contribution in [3.8, 4) is 0 Å². The Labute approximate surface area is 76.3 Å². The average molecular weight is 181 g/mol. The van der Waals surface area contributed by atoms with Gasteiger partial charge in [-0.05, 0) is 24.8 Å². The standard InChI is InChI=1S/C8H11N3S/c9-8(12)5-1-2-7-6(3-5)4-10-11-7/h4-5H,1-3H2,(H2,9,12)(H,10,11)/t5-/m0/s1. The predicted molar refractivity (Wildman–Crippen MR) is 50.9 cm³/mol. The number of aryl methyl sites for hydroxylation is 1. The molecule has 1 aliphatic rings. The molecular weight excluding hydrogens is 170 g/mol. The van der Waals surface area contributed by atoms with Gasteiger partial charge in [-0.2, -0.15) is 5.10 Å². The highest BCUT2D eigenvalue weighted by atomic mass is 32.1. The van der Waals surface area contributed by atoms with Gasteiger partial charge in [-0.15, -0.1) is 0 Å². The molecule has 1 heterocycles. The van der Waals surface area contributed by atoms with Gasteiger partial charge in [0.1, 0.15) is 0 Å². The smallest absolute Gasteiger partial charge is 0.0762 e. The lowest BCUT2D eigenvalue weighted by atomic mass is 9.88. The number of aromatic nitrogens is 2. The maximum absolute atomic E-state index is 5.59. The molecule has 0 fully saturated rings. The van der Waals surface area contributed by atoms with Crippen LogP contribution in [0.4, 0.5) is 0 Å². The van der Waals surface area contributed by atoms with E-state index in [1.165, 1.54) is 11.3 Å². The van der Waals surface area contributed by atoms with Crippen LogP contribution in [0.1, 0.15) is 17.7 Å². The topological polar surface area (TPSA) is 54.7 Å². The van der Waals surface area contributed by atoms with E-state index < -0.39 is 0 Å². The van der Waals surface area contributed by atoms with E-state index in [1.54, 1.807) is 0 Å². The molecular formula is C8H11N3S. The summed E-state index contributed by atoms with van der Waals surface area (Å²) in [4.78, 5) is 0.641. The molecule has 0 saturated carbocycles. The number of aromatic amines is 1. The monoisotopic (exact) mass is 181 g/mol. The summed E-state index contributed by atoms with van der Waals surface area (Å²) in [6.45, 7) is 0. The number of nitrogens with one attached hydrogen (secondary N) is 1. The van der Waals surface area contributed by atoms with E-state index in [4.69, 9.17) is 18.0 Å². The Morgan fingerprint density at radius 2 is 2.58 bits per heavy atom. The van der Waals surface area contributed by atoms with Gasteiger partial charge in [0.15, 0.2) is 0 Å². The molecule has 3 nitrogen and oxygen atoms in total. The minimum absolute atomic E-state index is 0.380. The largest absolute Gasteiger partial charge is 0.393 e. The third-order valence-corrected chi connectivity index (χ3v) is 2.75. The lowest BCUT2D eigenvalue weighted by molar-refractivity contribution is 0.580. The molecule has 0 amide bonds. The third-order valence-electron chi connectivity index (χ3n) is 2.42. The molecule has 1 atom stereocenters. The Hall–Kier alpha value is -0.900. The molecule has 0 unspecified atom stereocenters. The Balaban J connectivity index is 2.20. The second-order valence-electron chi connectivity index (χ2n) is 3.22. The van der Waals surface area contributed by atoms with Crippen molar-refractivity contribution in [1.29, 1.82) is 0 Å². The van der Waals surface area contributed by atoms with E-state index in [9.17, 15) is 0 Å². The number of hydrogen-bond donors (Lipinski definition) is 2. The van der Waals surface area contributed by atoms with Crippen LogP contribution in [0.2, 0.25) is 0 Å². The number of hydrogen-bond acceptors (Lipinski definition) is 2. The highest BCUT2D eigenvalue weighted by Crippen LogP contribution is 2.23. The van der Waals surface area contributed by atoms with Gasteiger partial charge in [-0.1, -0.05) is 12.2 Å². The highest BCUT2D eigenvalue weighted by molar-refractivity contribution is 7.80. The molecule has 64 valence electrons. The first-order valence-electron chi connectivity index (χ1n) is 4.08. The van der Waals surface area contributed by atoms with Crippen LogP contribution in [0, 0.1) is 5.92 Å². The molecule has 1 aromatic rings. The molecule has 4 heteroatoms. The van der Waals surface area contributed by atoms with Crippen LogP contribution in [0.3, 0.4) is 0 Å².